The lowest BCUT2D eigenvalue weighted by molar-refractivity contribution is 0.0630. The van der Waals surface area contributed by atoms with Gasteiger partial charge >= 0.3 is 0 Å². The van der Waals surface area contributed by atoms with E-state index in [1.165, 1.54) is 18.2 Å². The standard InChI is InChI=1S/C23H16FNO4/c24-19-11-5-3-9-17(19)21(26)18-10-4-6-12-20(18)29-14-13-25-22(27)15-7-1-2-8-16(15)23(25)28/h1-12H,13-14H2. The Labute approximate surface area is 166 Å². The summed E-state index contributed by atoms with van der Waals surface area (Å²) >= 11 is 0. The Kier molecular flexibility index (Phi) is 4.91. The molecule has 3 aromatic carbocycles. The van der Waals surface area contributed by atoms with Crippen LogP contribution in [0.3, 0.4) is 0 Å². The van der Waals surface area contributed by atoms with Gasteiger partial charge in [-0.15, -0.1) is 0 Å². The molecule has 0 atom stereocenters. The molecule has 5 nitrogen and oxygen atoms in total. The number of hydrogen-bond acceptors (Lipinski definition) is 4. The highest BCUT2D eigenvalue weighted by Crippen LogP contribution is 2.24. The number of rotatable bonds is 6. The normalized spacial score (nSPS) is 12.8. The summed E-state index contributed by atoms with van der Waals surface area (Å²) in [5.74, 6) is -1.59. The second-order valence-electron chi connectivity index (χ2n) is 6.46. The number of para-hydroxylation sites is 1. The summed E-state index contributed by atoms with van der Waals surface area (Å²) in [4.78, 5) is 38.6. The lowest BCUT2D eigenvalue weighted by Crippen LogP contribution is -2.33. The number of hydrogen-bond donors (Lipinski definition) is 0. The van der Waals surface area contributed by atoms with Gasteiger partial charge in [-0.2, -0.15) is 0 Å². The Morgan fingerprint density at radius 2 is 1.34 bits per heavy atom. The minimum atomic E-state index is -0.613. The monoisotopic (exact) mass is 389 g/mol. The van der Waals surface area contributed by atoms with Gasteiger partial charge in [0.2, 0.25) is 0 Å². The number of imide groups is 1. The van der Waals surface area contributed by atoms with E-state index in [9.17, 15) is 18.8 Å². The maximum atomic E-state index is 14.0. The van der Waals surface area contributed by atoms with Crippen molar-refractivity contribution in [3.63, 3.8) is 0 Å². The van der Waals surface area contributed by atoms with Crippen molar-refractivity contribution >= 4 is 17.6 Å². The summed E-state index contributed by atoms with van der Waals surface area (Å²) in [6.45, 7) is 0.0433. The van der Waals surface area contributed by atoms with Crippen molar-refractivity contribution < 1.29 is 23.5 Å². The van der Waals surface area contributed by atoms with Gasteiger partial charge in [0.05, 0.1) is 28.8 Å². The fourth-order valence-electron chi connectivity index (χ4n) is 3.26. The first-order valence-electron chi connectivity index (χ1n) is 9.04. The molecule has 29 heavy (non-hydrogen) atoms. The molecular formula is C23H16FNO4. The van der Waals surface area contributed by atoms with Crippen molar-refractivity contribution in [3.05, 3.63) is 101 Å². The number of nitrogens with zero attached hydrogens (tertiary/aromatic N) is 1. The smallest absolute Gasteiger partial charge is 0.261 e. The van der Waals surface area contributed by atoms with E-state index < -0.39 is 11.6 Å². The number of halogens is 1. The molecule has 1 heterocycles. The maximum absolute atomic E-state index is 14.0. The van der Waals surface area contributed by atoms with E-state index in [-0.39, 0.29) is 41.8 Å². The molecular weight excluding hydrogens is 373 g/mol. The van der Waals surface area contributed by atoms with Crippen molar-refractivity contribution in [1.29, 1.82) is 0 Å². The summed E-state index contributed by atoms with van der Waals surface area (Å²) < 4.78 is 19.7. The highest BCUT2D eigenvalue weighted by Gasteiger charge is 2.34. The number of benzene rings is 3. The second kappa shape index (κ2) is 7.67. The molecule has 0 fully saturated rings. The summed E-state index contributed by atoms with van der Waals surface area (Å²) in [6.07, 6.45) is 0. The molecule has 0 saturated heterocycles. The van der Waals surface area contributed by atoms with E-state index in [4.69, 9.17) is 4.74 Å². The Hall–Kier alpha value is -3.80. The minimum Gasteiger partial charge on any atom is -0.491 e. The number of ether oxygens (including phenoxy) is 1. The number of amides is 2. The molecule has 1 aliphatic rings. The maximum Gasteiger partial charge on any atom is 0.261 e. The first-order valence-corrected chi connectivity index (χ1v) is 9.04. The predicted molar refractivity (Wildman–Crippen MR) is 104 cm³/mol. The molecule has 3 aromatic rings. The van der Waals surface area contributed by atoms with E-state index >= 15 is 0 Å². The topological polar surface area (TPSA) is 63.7 Å². The Morgan fingerprint density at radius 1 is 0.793 bits per heavy atom. The van der Waals surface area contributed by atoms with Crippen molar-refractivity contribution in [3.8, 4) is 5.75 Å². The zero-order valence-electron chi connectivity index (χ0n) is 15.3. The molecule has 0 unspecified atom stereocenters. The molecule has 0 saturated carbocycles. The van der Waals surface area contributed by atoms with E-state index in [1.807, 2.05) is 0 Å². The molecule has 0 N–H and O–H groups in total. The first kappa shape index (κ1) is 18.6. The van der Waals surface area contributed by atoms with Crippen LogP contribution in [-0.4, -0.2) is 35.6 Å². The molecule has 4 rings (SSSR count). The van der Waals surface area contributed by atoms with Gasteiger partial charge in [0.25, 0.3) is 11.8 Å². The lowest BCUT2D eigenvalue weighted by Gasteiger charge is -2.16. The van der Waals surface area contributed by atoms with Gasteiger partial charge in [-0.05, 0) is 36.4 Å². The van der Waals surface area contributed by atoms with Gasteiger partial charge in [0.15, 0.2) is 5.78 Å². The fourth-order valence-corrected chi connectivity index (χ4v) is 3.26. The molecule has 1 aliphatic heterocycles. The zero-order valence-corrected chi connectivity index (χ0v) is 15.3. The Balaban J connectivity index is 1.48. The molecule has 0 bridgehead atoms. The van der Waals surface area contributed by atoms with Gasteiger partial charge in [0.1, 0.15) is 18.2 Å². The minimum absolute atomic E-state index is 0.00698. The summed E-state index contributed by atoms with van der Waals surface area (Å²) in [5, 5.41) is 0. The molecule has 6 heteroatoms. The van der Waals surface area contributed by atoms with E-state index in [1.54, 1.807) is 54.6 Å². The molecule has 0 aromatic heterocycles. The van der Waals surface area contributed by atoms with Gasteiger partial charge < -0.3 is 4.74 Å². The SMILES string of the molecule is O=C(c1ccccc1F)c1ccccc1OCCN1C(=O)c2ccccc2C1=O. The van der Waals surface area contributed by atoms with Crippen molar-refractivity contribution in [2.24, 2.45) is 0 Å². The second-order valence-corrected chi connectivity index (χ2v) is 6.46. The van der Waals surface area contributed by atoms with Crippen LogP contribution >= 0.6 is 0 Å². The molecule has 0 spiro atoms. The van der Waals surface area contributed by atoms with Crippen LogP contribution in [0.15, 0.2) is 72.8 Å². The van der Waals surface area contributed by atoms with Crippen LogP contribution < -0.4 is 4.74 Å². The van der Waals surface area contributed by atoms with Crippen LogP contribution in [0.25, 0.3) is 0 Å². The largest absolute Gasteiger partial charge is 0.491 e. The quantitative estimate of drug-likeness (QED) is 0.476. The molecule has 144 valence electrons. The third kappa shape index (κ3) is 3.40. The van der Waals surface area contributed by atoms with Crippen molar-refractivity contribution in [1.82, 2.24) is 4.90 Å². The van der Waals surface area contributed by atoms with E-state index in [2.05, 4.69) is 0 Å². The predicted octanol–water partition coefficient (Wildman–Crippen LogP) is 3.73. The summed E-state index contributed by atoms with van der Waals surface area (Å²) in [5.41, 5.74) is 0.893. The third-order valence-corrected chi connectivity index (χ3v) is 4.70. The Bertz CT molecular complexity index is 1090. The fraction of sp³-hybridized carbons (Fsp3) is 0.0870. The first-order chi connectivity index (χ1) is 14.1. The zero-order chi connectivity index (χ0) is 20.4. The number of ketones is 1. The van der Waals surface area contributed by atoms with Crippen LogP contribution in [0.4, 0.5) is 4.39 Å². The van der Waals surface area contributed by atoms with Gasteiger partial charge in [-0.25, -0.2) is 4.39 Å². The van der Waals surface area contributed by atoms with Gasteiger partial charge in [-0.3, -0.25) is 19.3 Å². The van der Waals surface area contributed by atoms with Crippen molar-refractivity contribution in [2.45, 2.75) is 0 Å². The number of carbonyl (C=O) groups is 3. The van der Waals surface area contributed by atoms with Crippen LogP contribution in [0.1, 0.15) is 36.6 Å². The number of carbonyl (C=O) groups excluding carboxylic acids is 3. The van der Waals surface area contributed by atoms with Crippen LogP contribution in [0, 0.1) is 5.82 Å². The Morgan fingerprint density at radius 3 is 2.00 bits per heavy atom. The highest BCUT2D eigenvalue weighted by atomic mass is 19.1. The van der Waals surface area contributed by atoms with Crippen LogP contribution in [0.5, 0.6) is 5.75 Å². The third-order valence-electron chi connectivity index (χ3n) is 4.70. The molecule has 2 amide bonds. The molecule has 0 aliphatic carbocycles. The van der Waals surface area contributed by atoms with E-state index in [0.29, 0.717) is 11.1 Å². The van der Waals surface area contributed by atoms with Crippen LogP contribution in [-0.2, 0) is 0 Å². The number of fused-ring (bicyclic) bond motifs is 1. The van der Waals surface area contributed by atoms with Crippen LogP contribution in [0.2, 0.25) is 0 Å². The van der Waals surface area contributed by atoms with E-state index in [0.717, 1.165) is 4.90 Å². The lowest BCUT2D eigenvalue weighted by atomic mass is 10.0. The van der Waals surface area contributed by atoms with Gasteiger partial charge in [-0.1, -0.05) is 36.4 Å². The average Bonchev–Trinajstić information content (AvgIpc) is 2.99. The van der Waals surface area contributed by atoms with Crippen molar-refractivity contribution in [2.75, 3.05) is 13.2 Å². The highest BCUT2D eigenvalue weighted by molar-refractivity contribution is 6.21. The molecule has 0 radical (unpaired) electrons. The summed E-state index contributed by atoms with van der Waals surface area (Å²) in [6, 6.07) is 18.8. The average molecular weight is 389 g/mol. The summed E-state index contributed by atoms with van der Waals surface area (Å²) in [7, 11) is 0. The van der Waals surface area contributed by atoms with Gasteiger partial charge in [0, 0.05) is 0 Å².